The Labute approximate surface area is 298 Å². The lowest BCUT2D eigenvalue weighted by Crippen LogP contribution is -2.09. The molecule has 254 valence electrons. The Kier molecular flexibility index (Phi) is 8.26. The van der Waals surface area contributed by atoms with E-state index in [1.807, 2.05) is 85.2 Å². The van der Waals surface area contributed by atoms with Gasteiger partial charge in [-0.2, -0.15) is 5.11 Å². The van der Waals surface area contributed by atoms with Crippen LogP contribution in [0.2, 0.25) is 0 Å². The maximum atomic E-state index is 6.60. The number of rotatable bonds is 0. The van der Waals surface area contributed by atoms with Crippen LogP contribution in [-0.2, 0) is 19.7 Å². The molecular weight excluding hydrogens is 653 g/mol. The monoisotopic (exact) mass is 684 g/mol. The molecule has 11 heteroatoms. The standard InChI is InChI=1S/C41H32N8O3/c1-3-12-33-28(8-1)16-18-38-40(33)41-34-13-4-2-9-29(34)17-19-39(41)52-27-32-25-48(46-43-32)20-22-50-37-15-6-5-14-35(37)44-42-31-11-7-10-30(24-31)36-26-49(47-45-36)21-23-51-38/h1-19,24-26H,20-23,27H2. The summed E-state index contributed by atoms with van der Waals surface area (Å²) in [6, 6.07) is 40.2. The second-order valence-corrected chi connectivity index (χ2v) is 12.4. The van der Waals surface area contributed by atoms with E-state index < -0.39 is 0 Å². The molecule has 0 spiro atoms. The first-order valence-electron chi connectivity index (χ1n) is 17.1. The predicted octanol–water partition coefficient (Wildman–Crippen LogP) is 8.98. The maximum Gasteiger partial charge on any atom is 0.146 e. The minimum absolute atomic E-state index is 0.228. The van der Waals surface area contributed by atoms with E-state index >= 15 is 0 Å². The van der Waals surface area contributed by atoms with Gasteiger partial charge in [0.05, 0.1) is 31.2 Å². The van der Waals surface area contributed by atoms with Crippen molar-refractivity contribution in [3.05, 3.63) is 139 Å². The third kappa shape index (κ3) is 6.31. The van der Waals surface area contributed by atoms with Crippen molar-refractivity contribution in [2.24, 2.45) is 10.2 Å². The number of hydrogen-bond donors (Lipinski definition) is 0. The number of nitrogens with zero attached hydrogens (tertiary/aromatic N) is 8. The molecule has 11 nitrogen and oxygen atoms in total. The molecule has 1 aliphatic rings. The molecule has 0 atom stereocenters. The van der Waals surface area contributed by atoms with Crippen LogP contribution in [0.4, 0.5) is 11.4 Å². The van der Waals surface area contributed by atoms with Gasteiger partial charge in [0.2, 0.25) is 0 Å². The van der Waals surface area contributed by atoms with Gasteiger partial charge in [0, 0.05) is 16.7 Å². The number of azo groups is 1. The molecule has 0 amide bonds. The van der Waals surface area contributed by atoms with Crippen LogP contribution in [0.15, 0.2) is 144 Å². The molecule has 9 rings (SSSR count). The van der Waals surface area contributed by atoms with E-state index in [0.717, 1.165) is 55.4 Å². The number of hydrogen-bond acceptors (Lipinski definition) is 9. The molecule has 6 aromatic carbocycles. The Balaban J connectivity index is 1.12. The zero-order valence-corrected chi connectivity index (χ0v) is 28.0. The van der Waals surface area contributed by atoms with E-state index in [1.165, 1.54) is 0 Å². The largest absolute Gasteiger partial charge is 0.491 e. The lowest BCUT2D eigenvalue weighted by molar-refractivity contribution is 0.289. The average molecular weight is 685 g/mol. The molecule has 0 saturated carbocycles. The lowest BCUT2D eigenvalue weighted by atomic mass is 9.92. The normalized spacial score (nSPS) is 13.4. The Morgan fingerprint density at radius 3 is 1.96 bits per heavy atom. The highest BCUT2D eigenvalue weighted by molar-refractivity contribution is 6.09. The Bertz CT molecular complexity index is 2580. The summed E-state index contributed by atoms with van der Waals surface area (Å²) in [5, 5.41) is 30.9. The molecule has 2 aromatic heterocycles. The molecule has 0 fully saturated rings. The number of benzene rings is 6. The van der Waals surface area contributed by atoms with E-state index in [0.29, 0.717) is 49.1 Å². The minimum Gasteiger partial charge on any atom is -0.491 e. The van der Waals surface area contributed by atoms with Gasteiger partial charge in [-0.25, -0.2) is 9.36 Å². The zero-order chi connectivity index (χ0) is 34.7. The molecule has 0 radical (unpaired) electrons. The predicted molar refractivity (Wildman–Crippen MR) is 198 cm³/mol. The van der Waals surface area contributed by atoms with Crippen molar-refractivity contribution < 1.29 is 14.2 Å². The van der Waals surface area contributed by atoms with Crippen LogP contribution < -0.4 is 14.2 Å². The molecule has 0 aliphatic carbocycles. The number of ether oxygens (including phenoxy) is 3. The highest BCUT2D eigenvalue weighted by atomic mass is 16.5. The van der Waals surface area contributed by atoms with Gasteiger partial charge >= 0.3 is 0 Å². The molecule has 0 unspecified atom stereocenters. The van der Waals surface area contributed by atoms with E-state index in [9.17, 15) is 0 Å². The second-order valence-electron chi connectivity index (χ2n) is 12.4. The van der Waals surface area contributed by atoms with E-state index in [1.54, 1.807) is 9.36 Å². The van der Waals surface area contributed by atoms with E-state index in [4.69, 9.17) is 14.2 Å². The van der Waals surface area contributed by atoms with Gasteiger partial charge in [-0.1, -0.05) is 95.4 Å². The van der Waals surface area contributed by atoms with Crippen LogP contribution in [0.1, 0.15) is 5.69 Å². The Hall–Kier alpha value is -6.88. The topological polar surface area (TPSA) is 114 Å². The molecule has 6 bridgehead atoms. The van der Waals surface area contributed by atoms with Gasteiger partial charge in [-0.05, 0) is 57.9 Å². The quantitative estimate of drug-likeness (QED) is 0.157. The summed E-state index contributed by atoms with van der Waals surface area (Å²) in [5.41, 5.74) is 5.53. The summed E-state index contributed by atoms with van der Waals surface area (Å²) in [6.45, 7) is 1.93. The maximum absolute atomic E-state index is 6.60. The fraction of sp³-hybridized carbons (Fsp3) is 0.122. The van der Waals surface area contributed by atoms with Crippen LogP contribution in [0.5, 0.6) is 17.2 Å². The molecule has 8 aromatic rings. The smallest absolute Gasteiger partial charge is 0.146 e. The molecular formula is C41H32N8O3. The lowest BCUT2D eigenvalue weighted by Gasteiger charge is -2.19. The molecule has 0 saturated heterocycles. The Morgan fingerprint density at radius 1 is 0.519 bits per heavy atom. The van der Waals surface area contributed by atoms with Crippen molar-refractivity contribution in [2.45, 2.75) is 19.7 Å². The summed E-state index contributed by atoms with van der Waals surface area (Å²) >= 11 is 0. The van der Waals surface area contributed by atoms with Gasteiger partial charge in [-0.15, -0.1) is 15.3 Å². The van der Waals surface area contributed by atoms with E-state index in [-0.39, 0.29) is 6.61 Å². The van der Waals surface area contributed by atoms with Gasteiger partial charge in [0.1, 0.15) is 54.1 Å². The zero-order valence-electron chi connectivity index (χ0n) is 28.0. The summed E-state index contributed by atoms with van der Waals surface area (Å²) in [4.78, 5) is 0. The van der Waals surface area contributed by atoms with Crippen molar-refractivity contribution in [1.29, 1.82) is 0 Å². The third-order valence-corrected chi connectivity index (χ3v) is 8.97. The van der Waals surface area contributed by atoms with Crippen LogP contribution in [0, 0.1) is 0 Å². The highest BCUT2D eigenvalue weighted by Crippen LogP contribution is 2.45. The van der Waals surface area contributed by atoms with Crippen molar-refractivity contribution in [2.75, 3.05) is 13.2 Å². The summed E-state index contributed by atoms with van der Waals surface area (Å²) in [7, 11) is 0. The number of aromatic nitrogens is 6. The minimum atomic E-state index is 0.228. The Morgan fingerprint density at radius 2 is 1.17 bits per heavy atom. The van der Waals surface area contributed by atoms with Crippen molar-refractivity contribution in [3.63, 3.8) is 0 Å². The highest BCUT2D eigenvalue weighted by Gasteiger charge is 2.20. The van der Waals surface area contributed by atoms with Gasteiger partial charge in [-0.3, -0.25) is 0 Å². The SMILES string of the molecule is c1cc2cc(c1)-c1cn(nn1)CCOc1ccc3ccccc3c1-c1c(ccc3ccccc13)OCc1cn(nn1)CCOc1ccccc1N=N2. The summed E-state index contributed by atoms with van der Waals surface area (Å²) < 4.78 is 22.9. The summed E-state index contributed by atoms with van der Waals surface area (Å²) in [6.07, 6.45) is 3.80. The van der Waals surface area contributed by atoms with Crippen LogP contribution in [0.3, 0.4) is 0 Å². The fourth-order valence-electron chi connectivity index (χ4n) is 6.46. The summed E-state index contributed by atoms with van der Waals surface area (Å²) in [5.74, 6) is 2.09. The van der Waals surface area contributed by atoms with E-state index in [2.05, 4.69) is 79.4 Å². The molecule has 3 heterocycles. The van der Waals surface area contributed by atoms with Crippen molar-refractivity contribution in [1.82, 2.24) is 30.0 Å². The van der Waals surface area contributed by atoms with Crippen LogP contribution in [0.25, 0.3) is 43.9 Å². The number of fused-ring (bicyclic) bond motifs is 15. The van der Waals surface area contributed by atoms with Gasteiger partial charge in [0.15, 0.2) is 0 Å². The first kappa shape index (κ1) is 31.1. The fourth-order valence-corrected chi connectivity index (χ4v) is 6.46. The van der Waals surface area contributed by atoms with Gasteiger partial charge in [0.25, 0.3) is 0 Å². The molecule has 52 heavy (non-hydrogen) atoms. The second kappa shape index (κ2) is 13.8. The van der Waals surface area contributed by atoms with Crippen molar-refractivity contribution >= 4 is 32.9 Å². The molecule has 1 aliphatic heterocycles. The first-order valence-corrected chi connectivity index (χ1v) is 17.1. The van der Waals surface area contributed by atoms with Crippen molar-refractivity contribution in [3.8, 4) is 39.6 Å². The average Bonchev–Trinajstić information content (AvgIpc) is 3.86. The van der Waals surface area contributed by atoms with Crippen LogP contribution >= 0.6 is 0 Å². The number of para-hydroxylation sites is 1. The van der Waals surface area contributed by atoms with Gasteiger partial charge < -0.3 is 14.2 Å². The third-order valence-electron chi connectivity index (χ3n) is 8.97. The van der Waals surface area contributed by atoms with Crippen LogP contribution in [-0.4, -0.2) is 43.2 Å². The first-order chi connectivity index (χ1) is 25.7. The molecule has 0 N–H and O–H groups in total.